The summed E-state index contributed by atoms with van der Waals surface area (Å²) in [5.74, 6) is 0.850. The highest BCUT2D eigenvalue weighted by atomic mass is 32.2. The molecular weight excluding hydrogens is 729 g/mol. The molecule has 8 aromatic carbocycles. The van der Waals surface area contributed by atoms with E-state index in [-0.39, 0.29) is 0 Å². The molecule has 13 rings (SSSR count). The topological polar surface area (TPSA) is 52.0 Å². The van der Waals surface area contributed by atoms with E-state index in [1.54, 1.807) is 12.1 Å². The fourth-order valence-electron chi connectivity index (χ4n) is 11.5. The van der Waals surface area contributed by atoms with Crippen molar-refractivity contribution in [2.45, 2.75) is 34.0 Å². The summed E-state index contributed by atoms with van der Waals surface area (Å²) in [6.45, 7) is 2.06. The molecule has 4 aliphatic rings. The van der Waals surface area contributed by atoms with Gasteiger partial charge in [0.1, 0.15) is 5.82 Å². The third kappa shape index (κ3) is 3.60. The van der Waals surface area contributed by atoms with Crippen LogP contribution in [0.1, 0.15) is 57.3 Å². The predicted octanol–water partition coefficient (Wildman–Crippen LogP) is 11.4. The Morgan fingerprint density at radius 2 is 0.931 bits per heavy atom. The predicted molar refractivity (Wildman–Crippen MR) is 230 cm³/mol. The number of benzene rings is 8. The molecule has 1 aliphatic heterocycles. The second kappa shape index (κ2) is 11.0. The molecule has 1 aromatic heterocycles. The van der Waals surface area contributed by atoms with Crippen LogP contribution in [0.5, 0.6) is 0 Å². The van der Waals surface area contributed by atoms with Gasteiger partial charge in [-0.25, -0.2) is 13.4 Å². The molecule has 0 bridgehead atoms. The van der Waals surface area contributed by atoms with Crippen LogP contribution in [0.2, 0.25) is 0 Å². The quantitative estimate of drug-likeness (QED) is 0.176. The first kappa shape index (κ1) is 32.3. The summed E-state index contributed by atoms with van der Waals surface area (Å²) in [6.07, 6.45) is 0.685. The average Bonchev–Trinajstić information content (AvgIpc) is 3.90. The number of rotatable bonds is 2. The largest absolute Gasteiger partial charge is 0.294 e. The lowest BCUT2D eigenvalue weighted by molar-refractivity contribution is 0.594. The number of nitrogens with zero attached hydrogens (tertiary/aromatic N) is 2. The number of para-hydroxylation sites is 1. The first-order valence-electron chi connectivity index (χ1n) is 20.0. The SMILES string of the molecule is CCc1nc2cccc3c2n1-c1ccc(-c2ccc4c(c2)C2(c5ccccc5-4)c4ccccc4C4(c5ccccc5-c5ccccc54)c4ccccc42)cc1S3(=O)=O. The van der Waals surface area contributed by atoms with E-state index in [2.05, 4.69) is 153 Å². The normalized spacial score (nSPS) is 15.9. The number of aryl methyl sites for hydroxylation is 1. The van der Waals surface area contributed by atoms with E-state index in [1.165, 1.54) is 66.8 Å². The highest BCUT2D eigenvalue weighted by molar-refractivity contribution is 7.92. The van der Waals surface area contributed by atoms with Crippen LogP contribution < -0.4 is 0 Å². The first-order valence-corrected chi connectivity index (χ1v) is 21.5. The van der Waals surface area contributed by atoms with Crippen LogP contribution in [-0.2, 0) is 27.1 Å². The van der Waals surface area contributed by atoms with Gasteiger partial charge < -0.3 is 0 Å². The van der Waals surface area contributed by atoms with Gasteiger partial charge in [0.25, 0.3) is 0 Å². The molecule has 2 spiro atoms. The van der Waals surface area contributed by atoms with Crippen LogP contribution in [-0.4, -0.2) is 18.0 Å². The van der Waals surface area contributed by atoms with Gasteiger partial charge >= 0.3 is 0 Å². The van der Waals surface area contributed by atoms with Gasteiger partial charge in [-0.05, 0) is 108 Å². The zero-order valence-electron chi connectivity index (χ0n) is 31.6. The summed E-state index contributed by atoms with van der Waals surface area (Å²) >= 11 is 0. The van der Waals surface area contributed by atoms with Gasteiger partial charge in [-0.2, -0.15) is 0 Å². The number of aromatic nitrogens is 2. The van der Waals surface area contributed by atoms with Crippen LogP contribution in [0.25, 0.3) is 50.1 Å². The Morgan fingerprint density at radius 1 is 0.466 bits per heavy atom. The minimum Gasteiger partial charge on any atom is -0.294 e. The minimum atomic E-state index is -3.82. The Hall–Kier alpha value is -6.82. The molecule has 9 aromatic rings. The Morgan fingerprint density at radius 3 is 1.48 bits per heavy atom. The molecule has 4 nitrogen and oxygen atoms in total. The van der Waals surface area contributed by atoms with E-state index in [9.17, 15) is 8.42 Å². The zero-order chi connectivity index (χ0) is 38.5. The Balaban J connectivity index is 1.10. The maximum atomic E-state index is 14.5. The lowest BCUT2D eigenvalue weighted by Gasteiger charge is -2.48. The maximum absolute atomic E-state index is 14.5. The number of hydrogen-bond acceptors (Lipinski definition) is 3. The van der Waals surface area contributed by atoms with Crippen molar-refractivity contribution in [3.05, 3.63) is 226 Å². The van der Waals surface area contributed by atoms with Crippen molar-refractivity contribution in [1.82, 2.24) is 9.55 Å². The van der Waals surface area contributed by atoms with Crippen LogP contribution >= 0.6 is 0 Å². The molecule has 0 saturated carbocycles. The summed E-state index contributed by atoms with van der Waals surface area (Å²) in [5.41, 5.74) is 17.9. The van der Waals surface area contributed by atoms with E-state index in [4.69, 9.17) is 4.98 Å². The molecule has 0 amide bonds. The van der Waals surface area contributed by atoms with Crippen molar-refractivity contribution in [2.24, 2.45) is 0 Å². The van der Waals surface area contributed by atoms with Gasteiger partial charge in [0.15, 0.2) is 0 Å². The minimum absolute atomic E-state index is 0.310. The van der Waals surface area contributed by atoms with Gasteiger partial charge in [0, 0.05) is 6.42 Å². The summed E-state index contributed by atoms with van der Waals surface area (Å²) in [6, 6.07) is 63.1. The van der Waals surface area contributed by atoms with E-state index in [0.29, 0.717) is 32.9 Å². The number of imidazole rings is 1. The molecular formula is C53H34N2O2S. The second-order valence-electron chi connectivity index (χ2n) is 16.0. The van der Waals surface area contributed by atoms with Crippen molar-refractivity contribution >= 4 is 20.9 Å². The van der Waals surface area contributed by atoms with Crippen LogP contribution in [0.3, 0.4) is 0 Å². The molecule has 0 fully saturated rings. The molecule has 0 atom stereocenters. The van der Waals surface area contributed by atoms with Crippen LogP contribution in [0, 0.1) is 0 Å². The van der Waals surface area contributed by atoms with Gasteiger partial charge in [-0.1, -0.05) is 153 Å². The van der Waals surface area contributed by atoms with Crippen molar-refractivity contribution in [3.63, 3.8) is 0 Å². The number of hydrogen-bond donors (Lipinski definition) is 0. The number of sulfone groups is 1. The summed E-state index contributed by atoms with van der Waals surface area (Å²) in [4.78, 5) is 5.46. The van der Waals surface area contributed by atoms with Gasteiger partial charge in [-0.15, -0.1) is 0 Å². The van der Waals surface area contributed by atoms with Gasteiger partial charge in [-0.3, -0.25) is 4.57 Å². The van der Waals surface area contributed by atoms with Crippen LogP contribution in [0.4, 0.5) is 0 Å². The molecule has 274 valence electrons. The van der Waals surface area contributed by atoms with Crippen molar-refractivity contribution < 1.29 is 8.42 Å². The van der Waals surface area contributed by atoms with Crippen molar-refractivity contribution in [2.75, 3.05) is 0 Å². The standard InChI is InChI=1S/C53H34N2O2S/c1-2-50-54-46-24-13-25-48-51(46)55(50)47-29-27-33(31-49(47)58(48,56)57)32-26-28-37-36-16-5-8-19-40(36)53(45(37)30-32)43-22-11-9-20-41(43)52(42-21-10-12-23-44(42)53)38-17-6-3-14-34(38)35-15-4-7-18-39(35)52/h3-31H,2H2,1H3. The van der Waals surface area contributed by atoms with Gasteiger partial charge in [0.05, 0.1) is 37.3 Å². The average molecular weight is 763 g/mol. The first-order chi connectivity index (χ1) is 28.5. The Labute approximate surface area is 336 Å². The third-order valence-electron chi connectivity index (χ3n) is 13.6. The molecule has 0 N–H and O–H groups in total. The van der Waals surface area contributed by atoms with Gasteiger partial charge in [0.2, 0.25) is 9.84 Å². The molecule has 2 heterocycles. The Kier molecular flexibility index (Phi) is 6.11. The van der Waals surface area contributed by atoms with E-state index >= 15 is 0 Å². The molecule has 58 heavy (non-hydrogen) atoms. The monoisotopic (exact) mass is 762 g/mol. The molecule has 3 aliphatic carbocycles. The highest BCUT2D eigenvalue weighted by Gasteiger charge is 2.58. The molecule has 0 radical (unpaired) electrons. The second-order valence-corrected chi connectivity index (χ2v) is 17.9. The highest BCUT2D eigenvalue weighted by Crippen LogP contribution is 2.67. The lowest BCUT2D eigenvalue weighted by atomic mass is 9.52. The van der Waals surface area contributed by atoms with Crippen molar-refractivity contribution in [1.29, 1.82) is 0 Å². The smallest absolute Gasteiger partial charge is 0.210 e. The fourth-order valence-corrected chi connectivity index (χ4v) is 13.2. The summed E-state index contributed by atoms with van der Waals surface area (Å²) in [7, 11) is -3.82. The van der Waals surface area contributed by atoms with E-state index in [1.807, 2.05) is 22.8 Å². The molecule has 0 saturated heterocycles. The fraction of sp³-hybridized carbons (Fsp3) is 0.0755. The van der Waals surface area contributed by atoms with E-state index in [0.717, 1.165) is 17.0 Å². The summed E-state index contributed by atoms with van der Waals surface area (Å²) < 4.78 is 31.0. The third-order valence-corrected chi connectivity index (χ3v) is 15.4. The molecule has 0 unspecified atom stereocenters. The maximum Gasteiger partial charge on any atom is 0.210 e. The van der Waals surface area contributed by atoms with Crippen LogP contribution in [0.15, 0.2) is 186 Å². The zero-order valence-corrected chi connectivity index (χ0v) is 32.4. The molecule has 5 heteroatoms. The van der Waals surface area contributed by atoms with E-state index < -0.39 is 20.7 Å². The lowest BCUT2D eigenvalue weighted by Crippen LogP contribution is -2.43. The van der Waals surface area contributed by atoms with Crippen molar-refractivity contribution in [3.8, 4) is 39.1 Å². The number of fused-ring (bicyclic) bond motifs is 18. The Bertz CT molecular complexity index is 3330. The summed E-state index contributed by atoms with van der Waals surface area (Å²) in [5, 5.41) is 0.